The van der Waals surface area contributed by atoms with Crippen LogP contribution in [0.1, 0.15) is 33.1 Å². The fraction of sp³-hybridized carbons (Fsp3) is 0.600. The third-order valence-electron chi connectivity index (χ3n) is 2.02. The zero-order valence-electron chi connectivity index (χ0n) is 8.17. The van der Waals surface area contributed by atoms with E-state index in [0.29, 0.717) is 0 Å². The molecule has 0 radical (unpaired) electrons. The molecule has 0 amide bonds. The maximum absolute atomic E-state index is 3.19. The van der Waals surface area contributed by atoms with Crippen LogP contribution < -0.4 is 0 Å². The third-order valence-corrected chi connectivity index (χ3v) is 2.02. The van der Waals surface area contributed by atoms with Crippen molar-refractivity contribution < 1.29 is 26.2 Å². The van der Waals surface area contributed by atoms with Crippen LogP contribution >= 0.6 is 24.8 Å². The number of allylic oxidation sites excluding steroid dienone is 4. The predicted octanol–water partition coefficient (Wildman–Crippen LogP) is 3.95. The third kappa shape index (κ3) is 6.94. The van der Waals surface area contributed by atoms with Gasteiger partial charge in [0.25, 0.3) is 0 Å². The summed E-state index contributed by atoms with van der Waals surface area (Å²) in [5.74, 6) is 0.750. The van der Waals surface area contributed by atoms with Gasteiger partial charge in [0.2, 0.25) is 0 Å². The molecule has 1 unspecified atom stereocenters. The molecule has 1 rings (SSSR count). The summed E-state index contributed by atoms with van der Waals surface area (Å²) < 4.78 is 0. The van der Waals surface area contributed by atoms with Crippen molar-refractivity contribution in [2.24, 2.45) is 5.92 Å². The average molecular weight is 299 g/mol. The van der Waals surface area contributed by atoms with Crippen LogP contribution in [-0.4, -0.2) is 0 Å². The Balaban J connectivity index is -0.000000333. The van der Waals surface area contributed by atoms with Crippen molar-refractivity contribution >= 4 is 24.8 Å². The summed E-state index contributed by atoms with van der Waals surface area (Å²) in [5, 5.41) is 0. The predicted molar refractivity (Wildman–Crippen MR) is 59.1 cm³/mol. The van der Waals surface area contributed by atoms with Crippen LogP contribution in [0.3, 0.4) is 0 Å². The Labute approximate surface area is 113 Å². The van der Waals surface area contributed by atoms with Crippen LogP contribution in [0.4, 0.5) is 0 Å². The Morgan fingerprint density at radius 3 is 2.46 bits per heavy atom. The molecule has 3 heteroatoms. The van der Waals surface area contributed by atoms with E-state index in [1.54, 1.807) is 0 Å². The molecule has 0 aromatic carbocycles. The van der Waals surface area contributed by atoms with E-state index in [1.807, 2.05) is 0 Å². The maximum Gasteiger partial charge on any atom is 0 e. The second-order valence-corrected chi connectivity index (χ2v) is 2.95. The van der Waals surface area contributed by atoms with E-state index >= 15 is 0 Å². The minimum absolute atomic E-state index is 0. The molecule has 0 aromatic rings. The van der Waals surface area contributed by atoms with Crippen molar-refractivity contribution in [1.29, 1.82) is 0 Å². The van der Waals surface area contributed by atoms with Crippen LogP contribution in [0.2, 0.25) is 0 Å². The molecular formula is C10H17Cl2Zr-. The molecule has 0 aromatic heterocycles. The molecule has 76 valence electrons. The molecular weight excluding hydrogens is 282 g/mol. The summed E-state index contributed by atoms with van der Waals surface area (Å²) in [4.78, 5) is 0. The van der Waals surface area contributed by atoms with Gasteiger partial charge in [-0.15, -0.1) is 31.2 Å². The van der Waals surface area contributed by atoms with Crippen molar-refractivity contribution in [3.05, 3.63) is 23.8 Å². The molecule has 0 N–H and O–H groups in total. The van der Waals surface area contributed by atoms with Gasteiger partial charge in [0.1, 0.15) is 0 Å². The summed E-state index contributed by atoms with van der Waals surface area (Å²) >= 11 is 0. The Morgan fingerprint density at radius 2 is 2.08 bits per heavy atom. The largest absolute Gasteiger partial charge is 0.273 e. The monoisotopic (exact) mass is 297 g/mol. The van der Waals surface area contributed by atoms with E-state index in [0.717, 1.165) is 12.3 Å². The van der Waals surface area contributed by atoms with Crippen LogP contribution in [-0.2, 0) is 26.2 Å². The van der Waals surface area contributed by atoms with Crippen LogP contribution in [0.25, 0.3) is 0 Å². The molecule has 1 aliphatic rings. The summed E-state index contributed by atoms with van der Waals surface area (Å²) in [6, 6.07) is 0. The Hall–Kier alpha value is 0.943. The fourth-order valence-electron chi connectivity index (χ4n) is 1.36. The summed E-state index contributed by atoms with van der Waals surface area (Å²) in [7, 11) is 0. The van der Waals surface area contributed by atoms with Crippen molar-refractivity contribution in [2.75, 3.05) is 0 Å². The average Bonchev–Trinajstić information content (AvgIpc) is 2.38. The molecule has 1 atom stereocenters. The molecule has 0 heterocycles. The second-order valence-electron chi connectivity index (χ2n) is 2.95. The topological polar surface area (TPSA) is 0 Å². The van der Waals surface area contributed by atoms with Crippen LogP contribution in [0.5, 0.6) is 0 Å². The van der Waals surface area contributed by atoms with Gasteiger partial charge in [0.15, 0.2) is 0 Å². The fourth-order valence-corrected chi connectivity index (χ4v) is 1.36. The first-order chi connectivity index (χ1) is 4.84. The number of halogens is 2. The summed E-state index contributed by atoms with van der Waals surface area (Å²) in [6.07, 6.45) is 11.2. The van der Waals surface area contributed by atoms with Gasteiger partial charge in [0, 0.05) is 26.2 Å². The normalized spacial score (nSPS) is 14.8. The summed E-state index contributed by atoms with van der Waals surface area (Å²) in [5.41, 5.74) is 1.49. The molecule has 0 saturated carbocycles. The first kappa shape index (κ1) is 19.5. The van der Waals surface area contributed by atoms with Gasteiger partial charge in [-0.2, -0.15) is 11.6 Å². The maximum atomic E-state index is 3.19. The molecule has 0 aliphatic heterocycles. The second kappa shape index (κ2) is 11.0. The van der Waals surface area contributed by atoms with E-state index in [1.165, 1.54) is 18.4 Å². The minimum atomic E-state index is 0. The number of hydrogen-bond donors (Lipinski definition) is 0. The van der Waals surface area contributed by atoms with Gasteiger partial charge < -0.3 is 0 Å². The van der Waals surface area contributed by atoms with E-state index < -0.39 is 0 Å². The molecule has 13 heavy (non-hydrogen) atoms. The molecule has 1 aliphatic carbocycles. The van der Waals surface area contributed by atoms with E-state index in [4.69, 9.17) is 0 Å². The van der Waals surface area contributed by atoms with Gasteiger partial charge in [-0.1, -0.05) is 32.6 Å². The zero-order valence-corrected chi connectivity index (χ0v) is 12.3. The van der Waals surface area contributed by atoms with E-state index in [-0.39, 0.29) is 51.0 Å². The van der Waals surface area contributed by atoms with Crippen LogP contribution in [0, 0.1) is 12.0 Å². The van der Waals surface area contributed by atoms with Gasteiger partial charge in [-0.3, -0.25) is 6.08 Å². The van der Waals surface area contributed by atoms with Gasteiger partial charge >= 0.3 is 0 Å². The minimum Gasteiger partial charge on any atom is -0.273 e. The van der Waals surface area contributed by atoms with Gasteiger partial charge in [-0.25, -0.2) is 6.08 Å². The standard InChI is InChI=1S/C10H15.2ClH.Zr/c1-3-6-9(2)10-7-4-5-8-10;;;/h7-9H,3-4,6H2,1-2H3;2*1H;/q-1;;;. The molecule has 0 fully saturated rings. The molecule has 0 spiro atoms. The van der Waals surface area contributed by atoms with Gasteiger partial charge in [0.05, 0.1) is 0 Å². The van der Waals surface area contributed by atoms with E-state index in [9.17, 15) is 0 Å². The summed E-state index contributed by atoms with van der Waals surface area (Å²) in [6.45, 7) is 4.53. The van der Waals surface area contributed by atoms with Crippen molar-refractivity contribution in [3.8, 4) is 0 Å². The first-order valence-corrected chi connectivity index (χ1v) is 4.11. The smallest absolute Gasteiger partial charge is 0 e. The van der Waals surface area contributed by atoms with Crippen molar-refractivity contribution in [1.82, 2.24) is 0 Å². The molecule has 0 nitrogen and oxygen atoms in total. The van der Waals surface area contributed by atoms with Gasteiger partial charge in [-0.05, 0) is 0 Å². The SMILES string of the molecule is CCCC(C)C1=CC[C-]=C1.Cl.Cl.[Zr]. The van der Waals surface area contributed by atoms with Crippen molar-refractivity contribution in [2.45, 2.75) is 33.1 Å². The Kier molecular flexibility index (Phi) is 16.5. The quantitative estimate of drug-likeness (QED) is 0.692. The van der Waals surface area contributed by atoms with Crippen LogP contribution in [0.15, 0.2) is 17.7 Å². The Morgan fingerprint density at radius 1 is 1.46 bits per heavy atom. The van der Waals surface area contributed by atoms with E-state index in [2.05, 4.69) is 32.1 Å². The number of rotatable bonds is 3. The first-order valence-electron chi connectivity index (χ1n) is 4.11. The molecule has 0 bridgehead atoms. The molecule has 0 saturated heterocycles. The number of hydrogen-bond acceptors (Lipinski definition) is 0. The Bertz CT molecular complexity index is 164. The van der Waals surface area contributed by atoms with Crippen molar-refractivity contribution in [3.63, 3.8) is 0 Å². The zero-order chi connectivity index (χ0) is 7.40.